The first-order chi connectivity index (χ1) is 13.7. The Labute approximate surface area is 179 Å². The van der Waals surface area contributed by atoms with Gasteiger partial charge >= 0.3 is 5.97 Å². The monoisotopic (exact) mass is 474 g/mol. The number of methoxy groups -OCH3 is 1. The van der Waals surface area contributed by atoms with Crippen LogP contribution in [-0.2, 0) is 14.3 Å². The topological polar surface area (TPSA) is 124 Å². The predicted molar refractivity (Wildman–Crippen MR) is 112 cm³/mol. The Morgan fingerprint density at radius 1 is 1.28 bits per heavy atom. The Hall–Kier alpha value is -1.32. The summed E-state index contributed by atoms with van der Waals surface area (Å²) in [6.45, 7) is 2.02. The van der Waals surface area contributed by atoms with E-state index in [0.717, 1.165) is 6.42 Å². The third-order valence-corrected chi connectivity index (χ3v) is 5.53. The lowest BCUT2D eigenvalue weighted by atomic mass is 9.79. The molecular formula is C21H31BrO7. The van der Waals surface area contributed by atoms with Gasteiger partial charge in [0.05, 0.1) is 29.7 Å². The van der Waals surface area contributed by atoms with Crippen LogP contribution in [0.2, 0.25) is 0 Å². The van der Waals surface area contributed by atoms with Crippen molar-refractivity contribution in [3.05, 3.63) is 34.9 Å². The Morgan fingerprint density at radius 2 is 1.93 bits per heavy atom. The van der Waals surface area contributed by atoms with Crippen molar-refractivity contribution in [1.82, 2.24) is 0 Å². The third kappa shape index (κ3) is 7.46. The van der Waals surface area contributed by atoms with E-state index in [0.29, 0.717) is 6.42 Å². The van der Waals surface area contributed by atoms with E-state index < -0.39 is 41.6 Å². The molecule has 4 N–H and O–H groups in total. The van der Waals surface area contributed by atoms with Crippen LogP contribution in [0.25, 0.3) is 0 Å². The molecule has 1 rings (SSSR count). The SMILES string of the molecule is CCC=CCC=CCC1(O)C=C(Br)C(=O)C1C(O)C(O)C(O)CCCC(=O)OC. The molecule has 0 heterocycles. The summed E-state index contributed by atoms with van der Waals surface area (Å²) in [7, 11) is 1.25. The lowest BCUT2D eigenvalue weighted by Gasteiger charge is -2.34. The van der Waals surface area contributed by atoms with Crippen LogP contribution in [-0.4, -0.2) is 63.2 Å². The fourth-order valence-corrected chi connectivity index (χ4v) is 3.90. The van der Waals surface area contributed by atoms with Gasteiger partial charge in [-0.05, 0) is 54.1 Å². The first-order valence-corrected chi connectivity index (χ1v) is 10.5. The number of ketones is 1. The summed E-state index contributed by atoms with van der Waals surface area (Å²) in [4.78, 5) is 23.6. The smallest absolute Gasteiger partial charge is 0.305 e. The zero-order chi connectivity index (χ0) is 22.0. The van der Waals surface area contributed by atoms with Crippen molar-refractivity contribution in [2.24, 2.45) is 5.92 Å². The van der Waals surface area contributed by atoms with Crippen LogP contribution in [0.5, 0.6) is 0 Å². The molecular weight excluding hydrogens is 444 g/mol. The van der Waals surface area contributed by atoms with Crippen LogP contribution < -0.4 is 0 Å². The average Bonchev–Trinajstić information content (AvgIpc) is 2.91. The summed E-state index contributed by atoms with van der Waals surface area (Å²) in [5, 5.41) is 42.0. The molecule has 0 aliphatic heterocycles. The Morgan fingerprint density at radius 3 is 2.55 bits per heavy atom. The second-order valence-corrected chi connectivity index (χ2v) is 7.99. The number of rotatable bonds is 12. The van der Waals surface area contributed by atoms with E-state index in [1.807, 2.05) is 25.2 Å². The summed E-state index contributed by atoms with van der Waals surface area (Å²) < 4.78 is 4.63. The van der Waals surface area contributed by atoms with Gasteiger partial charge in [0.15, 0.2) is 5.78 Å². The molecule has 0 saturated carbocycles. The van der Waals surface area contributed by atoms with Crippen molar-refractivity contribution < 1.29 is 34.8 Å². The molecule has 0 amide bonds. The van der Waals surface area contributed by atoms with Crippen molar-refractivity contribution in [2.45, 2.75) is 69.4 Å². The molecule has 0 aromatic rings. The quantitative estimate of drug-likeness (QED) is 0.251. The number of hydrogen-bond donors (Lipinski definition) is 4. The number of allylic oxidation sites excluding steroid dienone is 4. The minimum Gasteiger partial charge on any atom is -0.469 e. The summed E-state index contributed by atoms with van der Waals surface area (Å²) in [6, 6.07) is 0. The van der Waals surface area contributed by atoms with Crippen molar-refractivity contribution in [1.29, 1.82) is 0 Å². The van der Waals surface area contributed by atoms with Crippen LogP contribution in [0.3, 0.4) is 0 Å². The molecule has 0 saturated heterocycles. The standard InChI is InChI=1S/C21H31BrO7/c1-3-4-5-6-7-8-12-21(28)13-14(22)18(25)17(21)20(27)19(26)15(23)10-9-11-16(24)29-2/h4-5,7-8,13,15,17,19-20,23,26-28H,3,6,9-12H2,1-2H3. The number of Topliss-reactive ketones (excluding diaryl/α,β-unsaturated/α-hetero) is 1. The van der Waals surface area contributed by atoms with E-state index in [4.69, 9.17) is 0 Å². The summed E-state index contributed by atoms with van der Waals surface area (Å²) >= 11 is 3.09. The van der Waals surface area contributed by atoms with E-state index in [1.54, 1.807) is 6.08 Å². The lowest BCUT2D eigenvalue weighted by molar-refractivity contribution is -0.144. The van der Waals surface area contributed by atoms with Crippen molar-refractivity contribution in [2.75, 3.05) is 7.11 Å². The van der Waals surface area contributed by atoms with E-state index in [1.165, 1.54) is 13.2 Å². The van der Waals surface area contributed by atoms with Gasteiger partial charge in [0, 0.05) is 6.42 Å². The van der Waals surface area contributed by atoms with Crippen LogP contribution in [0.1, 0.15) is 45.4 Å². The molecule has 5 unspecified atom stereocenters. The zero-order valence-electron chi connectivity index (χ0n) is 16.8. The number of carbonyl (C=O) groups excluding carboxylic acids is 2. The van der Waals surface area contributed by atoms with Gasteiger partial charge in [-0.15, -0.1) is 0 Å². The molecule has 0 radical (unpaired) electrons. The fourth-order valence-electron chi connectivity index (χ4n) is 3.26. The first kappa shape index (κ1) is 25.7. The molecule has 0 bridgehead atoms. The zero-order valence-corrected chi connectivity index (χ0v) is 18.4. The fraction of sp³-hybridized carbons (Fsp3) is 0.619. The molecule has 164 valence electrons. The van der Waals surface area contributed by atoms with Gasteiger partial charge in [0.25, 0.3) is 0 Å². The highest BCUT2D eigenvalue weighted by atomic mass is 79.9. The van der Waals surface area contributed by atoms with Crippen molar-refractivity contribution in [3.8, 4) is 0 Å². The molecule has 1 aliphatic carbocycles. The van der Waals surface area contributed by atoms with Crippen LogP contribution in [0.15, 0.2) is 34.9 Å². The van der Waals surface area contributed by atoms with Gasteiger partial charge in [0.1, 0.15) is 11.7 Å². The maximum Gasteiger partial charge on any atom is 0.305 e. The molecule has 0 aromatic carbocycles. The number of carbonyl (C=O) groups is 2. The Bertz CT molecular complexity index is 643. The maximum atomic E-state index is 12.5. The maximum absolute atomic E-state index is 12.5. The van der Waals surface area contributed by atoms with Gasteiger partial charge in [-0.2, -0.15) is 0 Å². The molecule has 0 spiro atoms. The number of aliphatic hydroxyl groups excluding tert-OH is 3. The lowest BCUT2D eigenvalue weighted by Crippen LogP contribution is -2.51. The minimum atomic E-state index is -1.69. The highest BCUT2D eigenvalue weighted by Gasteiger charge is 2.51. The van der Waals surface area contributed by atoms with E-state index in [2.05, 4.69) is 20.7 Å². The van der Waals surface area contributed by atoms with Gasteiger partial charge < -0.3 is 25.2 Å². The average molecular weight is 475 g/mol. The second kappa shape index (κ2) is 12.4. The molecule has 8 heteroatoms. The van der Waals surface area contributed by atoms with Crippen LogP contribution in [0, 0.1) is 5.92 Å². The van der Waals surface area contributed by atoms with E-state index >= 15 is 0 Å². The van der Waals surface area contributed by atoms with E-state index in [-0.39, 0.29) is 30.2 Å². The van der Waals surface area contributed by atoms with Crippen molar-refractivity contribution >= 4 is 27.7 Å². The normalized spacial score (nSPS) is 25.4. The van der Waals surface area contributed by atoms with Gasteiger partial charge in [-0.25, -0.2) is 0 Å². The number of hydrogen-bond acceptors (Lipinski definition) is 7. The van der Waals surface area contributed by atoms with Crippen LogP contribution in [0.4, 0.5) is 0 Å². The molecule has 29 heavy (non-hydrogen) atoms. The summed E-state index contributed by atoms with van der Waals surface area (Å²) in [5.74, 6) is -2.31. The molecule has 0 aromatic heterocycles. The predicted octanol–water partition coefficient (Wildman–Crippen LogP) is 1.92. The van der Waals surface area contributed by atoms with Gasteiger partial charge in [-0.1, -0.05) is 31.2 Å². The minimum absolute atomic E-state index is 0.0327. The number of halogens is 1. The van der Waals surface area contributed by atoms with Crippen molar-refractivity contribution in [3.63, 3.8) is 0 Å². The second-order valence-electron chi connectivity index (χ2n) is 7.13. The van der Waals surface area contributed by atoms with Gasteiger partial charge in [0.2, 0.25) is 0 Å². The molecule has 7 nitrogen and oxygen atoms in total. The number of ether oxygens (including phenoxy) is 1. The summed E-state index contributed by atoms with van der Waals surface area (Å²) in [5.41, 5.74) is -1.69. The Kier molecular flexibility index (Phi) is 11.0. The highest BCUT2D eigenvalue weighted by Crippen LogP contribution is 2.40. The molecule has 5 atom stereocenters. The Balaban J connectivity index is 2.78. The van der Waals surface area contributed by atoms with Crippen LogP contribution >= 0.6 is 15.9 Å². The molecule has 1 aliphatic rings. The highest BCUT2D eigenvalue weighted by molar-refractivity contribution is 9.12. The van der Waals surface area contributed by atoms with E-state index in [9.17, 15) is 30.0 Å². The number of aliphatic hydroxyl groups is 4. The third-order valence-electron chi connectivity index (χ3n) is 4.91. The first-order valence-electron chi connectivity index (χ1n) is 9.73. The largest absolute Gasteiger partial charge is 0.469 e. The summed E-state index contributed by atoms with van der Waals surface area (Å²) in [6.07, 6.45) is 6.20. The number of esters is 1. The molecule has 0 fully saturated rings. The van der Waals surface area contributed by atoms with Gasteiger partial charge in [-0.3, -0.25) is 9.59 Å².